The molecule has 3 N–H and O–H groups in total. The summed E-state index contributed by atoms with van der Waals surface area (Å²) in [5.74, 6) is 1.39. The van der Waals surface area contributed by atoms with Crippen LogP contribution in [-0.2, 0) is 6.42 Å². The smallest absolute Gasteiger partial charge is 0.213 e. The van der Waals surface area contributed by atoms with E-state index in [1.807, 2.05) is 48.5 Å². The zero-order valence-electron chi connectivity index (χ0n) is 16.2. The molecule has 0 aliphatic heterocycles. The molecule has 29 heavy (non-hydrogen) atoms. The average molecular weight is 389 g/mol. The van der Waals surface area contributed by atoms with E-state index in [4.69, 9.17) is 15.2 Å². The number of rotatable bonds is 8. The number of aromatic nitrogens is 4. The Balaban J connectivity index is 1.38. The molecule has 1 aromatic carbocycles. The van der Waals surface area contributed by atoms with E-state index in [1.165, 1.54) is 0 Å². The van der Waals surface area contributed by atoms with Crippen LogP contribution in [0.2, 0.25) is 0 Å². The summed E-state index contributed by atoms with van der Waals surface area (Å²) in [6, 6.07) is 15.5. The van der Waals surface area contributed by atoms with Gasteiger partial charge in [-0.3, -0.25) is 10.1 Å². The van der Waals surface area contributed by atoms with E-state index in [2.05, 4.69) is 20.2 Å². The van der Waals surface area contributed by atoms with Gasteiger partial charge in [-0.2, -0.15) is 5.10 Å². The average Bonchev–Trinajstić information content (AvgIpc) is 3.18. The molecule has 1 unspecified atom stereocenters. The quantitative estimate of drug-likeness (QED) is 0.479. The van der Waals surface area contributed by atoms with Crippen molar-refractivity contribution in [3.05, 3.63) is 66.5 Å². The van der Waals surface area contributed by atoms with Crippen LogP contribution in [0.3, 0.4) is 0 Å². The van der Waals surface area contributed by atoms with Crippen molar-refractivity contribution in [1.29, 1.82) is 0 Å². The maximum atomic E-state index is 6.27. The number of pyridine rings is 2. The van der Waals surface area contributed by atoms with Crippen LogP contribution in [0, 0.1) is 0 Å². The number of benzene rings is 1. The second-order valence-corrected chi connectivity index (χ2v) is 6.80. The molecule has 7 nitrogen and oxygen atoms in total. The highest BCUT2D eigenvalue weighted by Gasteiger charge is 2.11. The number of hydrogen-bond acceptors (Lipinski definition) is 6. The van der Waals surface area contributed by atoms with Crippen molar-refractivity contribution in [2.75, 3.05) is 13.7 Å². The van der Waals surface area contributed by atoms with Gasteiger partial charge in [-0.05, 0) is 54.8 Å². The minimum Gasteiger partial charge on any atom is -0.494 e. The van der Waals surface area contributed by atoms with Gasteiger partial charge in [0, 0.05) is 29.9 Å². The molecule has 0 aliphatic rings. The summed E-state index contributed by atoms with van der Waals surface area (Å²) in [7, 11) is 1.61. The number of ether oxygens (including phenoxy) is 2. The molecule has 0 spiro atoms. The third-order valence-corrected chi connectivity index (χ3v) is 4.71. The van der Waals surface area contributed by atoms with E-state index in [-0.39, 0.29) is 6.04 Å². The Morgan fingerprint density at radius 2 is 2.00 bits per heavy atom. The summed E-state index contributed by atoms with van der Waals surface area (Å²) in [5, 5.41) is 8.42. The first-order chi connectivity index (χ1) is 14.2. The van der Waals surface area contributed by atoms with E-state index in [9.17, 15) is 0 Å². The second kappa shape index (κ2) is 8.70. The largest absolute Gasteiger partial charge is 0.494 e. The normalized spacial score (nSPS) is 12.1. The Labute approximate surface area is 168 Å². The van der Waals surface area contributed by atoms with Gasteiger partial charge in [0.2, 0.25) is 5.88 Å². The topological polar surface area (TPSA) is 98.9 Å². The van der Waals surface area contributed by atoms with E-state index in [0.717, 1.165) is 46.4 Å². The van der Waals surface area contributed by atoms with Crippen LogP contribution in [-0.4, -0.2) is 39.9 Å². The van der Waals surface area contributed by atoms with Gasteiger partial charge in [0.15, 0.2) is 0 Å². The Kier molecular flexibility index (Phi) is 5.67. The first-order valence-electron chi connectivity index (χ1n) is 9.50. The van der Waals surface area contributed by atoms with Crippen LogP contribution < -0.4 is 15.2 Å². The van der Waals surface area contributed by atoms with Crippen LogP contribution in [0.5, 0.6) is 11.6 Å². The summed E-state index contributed by atoms with van der Waals surface area (Å²) < 4.78 is 11.1. The second-order valence-electron chi connectivity index (χ2n) is 6.80. The highest BCUT2D eigenvalue weighted by atomic mass is 16.5. The van der Waals surface area contributed by atoms with Crippen LogP contribution >= 0.6 is 0 Å². The highest BCUT2D eigenvalue weighted by Crippen LogP contribution is 2.28. The van der Waals surface area contributed by atoms with Gasteiger partial charge in [-0.15, -0.1) is 0 Å². The van der Waals surface area contributed by atoms with Gasteiger partial charge >= 0.3 is 0 Å². The third kappa shape index (κ3) is 4.52. The van der Waals surface area contributed by atoms with E-state index >= 15 is 0 Å². The Bertz CT molecular complexity index is 1080. The zero-order chi connectivity index (χ0) is 20.1. The molecule has 3 aromatic heterocycles. The molecule has 0 amide bonds. The Morgan fingerprint density at radius 3 is 2.83 bits per heavy atom. The maximum absolute atomic E-state index is 6.27. The van der Waals surface area contributed by atoms with Crippen LogP contribution in [0.15, 0.2) is 60.9 Å². The van der Waals surface area contributed by atoms with Gasteiger partial charge < -0.3 is 15.2 Å². The lowest BCUT2D eigenvalue weighted by atomic mass is 10.1. The molecule has 4 aromatic rings. The highest BCUT2D eigenvalue weighted by molar-refractivity contribution is 5.92. The van der Waals surface area contributed by atoms with Crippen molar-refractivity contribution in [2.24, 2.45) is 5.73 Å². The van der Waals surface area contributed by atoms with Crippen molar-refractivity contribution in [2.45, 2.75) is 18.9 Å². The summed E-state index contributed by atoms with van der Waals surface area (Å²) >= 11 is 0. The Hall–Kier alpha value is -3.45. The van der Waals surface area contributed by atoms with Gasteiger partial charge in [0.25, 0.3) is 0 Å². The molecule has 0 fully saturated rings. The number of fused-ring (bicyclic) bond motifs is 1. The van der Waals surface area contributed by atoms with Crippen LogP contribution in [0.1, 0.15) is 12.0 Å². The fourth-order valence-electron chi connectivity index (χ4n) is 3.20. The minimum atomic E-state index is -0.0103. The van der Waals surface area contributed by atoms with Crippen molar-refractivity contribution in [1.82, 2.24) is 20.2 Å². The van der Waals surface area contributed by atoms with Gasteiger partial charge in [0.1, 0.15) is 11.4 Å². The van der Waals surface area contributed by atoms with Crippen molar-refractivity contribution >= 4 is 10.9 Å². The minimum absolute atomic E-state index is 0.0103. The first-order valence-corrected chi connectivity index (χ1v) is 9.50. The SMILES string of the molecule is COc1cc(CC(N)CCOc2ccc3[nH]nc(-c4ccccn4)c3c2)ccn1. The van der Waals surface area contributed by atoms with Gasteiger partial charge in [-0.1, -0.05) is 6.07 Å². The monoisotopic (exact) mass is 389 g/mol. The van der Waals surface area contributed by atoms with Crippen molar-refractivity contribution in [3.63, 3.8) is 0 Å². The van der Waals surface area contributed by atoms with Crippen molar-refractivity contribution < 1.29 is 9.47 Å². The van der Waals surface area contributed by atoms with E-state index in [1.54, 1.807) is 19.5 Å². The molecular weight excluding hydrogens is 366 g/mol. The standard InChI is InChI=1S/C22H23N5O2/c1-28-21-13-15(7-10-25-21)12-16(23)8-11-29-17-5-6-19-18(14-17)22(27-26-19)20-4-2-3-9-24-20/h2-7,9-10,13-14,16H,8,11-12,23H2,1H3,(H,26,27). The summed E-state index contributed by atoms with van der Waals surface area (Å²) in [4.78, 5) is 8.50. The van der Waals surface area contributed by atoms with E-state index in [0.29, 0.717) is 12.5 Å². The Morgan fingerprint density at radius 1 is 1.07 bits per heavy atom. The number of hydrogen-bond donors (Lipinski definition) is 2. The first kappa shape index (κ1) is 18.9. The molecule has 3 heterocycles. The summed E-state index contributed by atoms with van der Waals surface area (Å²) in [6.45, 7) is 0.533. The third-order valence-electron chi connectivity index (χ3n) is 4.71. The molecule has 1 atom stereocenters. The van der Waals surface area contributed by atoms with Crippen LogP contribution in [0.25, 0.3) is 22.3 Å². The molecule has 0 radical (unpaired) electrons. The van der Waals surface area contributed by atoms with Gasteiger partial charge in [-0.25, -0.2) is 4.98 Å². The molecule has 0 aliphatic carbocycles. The molecule has 148 valence electrons. The molecule has 7 heteroatoms. The lowest BCUT2D eigenvalue weighted by molar-refractivity contribution is 0.297. The van der Waals surface area contributed by atoms with Crippen molar-refractivity contribution in [3.8, 4) is 23.0 Å². The number of methoxy groups -OCH3 is 1. The molecule has 0 saturated carbocycles. The molecule has 0 bridgehead atoms. The predicted octanol–water partition coefficient (Wildman–Crippen LogP) is 3.37. The maximum Gasteiger partial charge on any atom is 0.213 e. The molecule has 0 saturated heterocycles. The molecule has 4 rings (SSSR count). The van der Waals surface area contributed by atoms with Gasteiger partial charge in [0.05, 0.1) is 24.9 Å². The number of nitrogens with two attached hydrogens (primary N) is 1. The predicted molar refractivity (Wildman–Crippen MR) is 112 cm³/mol. The lowest BCUT2D eigenvalue weighted by Crippen LogP contribution is -2.25. The fraction of sp³-hybridized carbons (Fsp3) is 0.227. The number of nitrogens with zero attached hydrogens (tertiary/aromatic N) is 3. The summed E-state index contributed by atoms with van der Waals surface area (Å²) in [6.07, 6.45) is 4.97. The lowest BCUT2D eigenvalue weighted by Gasteiger charge is -2.13. The number of nitrogens with one attached hydrogen (secondary N) is 1. The van der Waals surface area contributed by atoms with Crippen LogP contribution in [0.4, 0.5) is 0 Å². The molecular formula is C22H23N5O2. The van der Waals surface area contributed by atoms with E-state index < -0.39 is 0 Å². The number of aromatic amines is 1. The fourth-order valence-corrected chi connectivity index (χ4v) is 3.20. The summed E-state index contributed by atoms with van der Waals surface area (Å²) in [5.41, 5.74) is 9.96. The zero-order valence-corrected chi connectivity index (χ0v) is 16.2. The number of H-pyrrole nitrogens is 1.